The molecule has 3 aromatic heterocycles. The number of carbonyl (C=O) groups excluding carboxylic acids is 2. The quantitative estimate of drug-likeness (QED) is 0.154. The molecule has 210 valence electrons. The summed E-state index contributed by atoms with van der Waals surface area (Å²) in [5.41, 5.74) is 15.7. The first-order chi connectivity index (χ1) is 19.9. The number of unbranched alkanes of at least 4 members (excludes halogenated alkanes) is 3. The number of benzene rings is 2. The fraction of sp³-hybridized carbons (Fsp3) is 0.258. The molecule has 2 amide bonds. The van der Waals surface area contributed by atoms with E-state index in [-0.39, 0.29) is 12.3 Å². The Balaban J connectivity index is 1.31. The van der Waals surface area contributed by atoms with Crippen LogP contribution in [0.25, 0.3) is 32.7 Å². The minimum Gasteiger partial charge on any atom is -0.472 e. The molecule has 5 rings (SSSR count). The number of rotatable bonds is 14. The van der Waals surface area contributed by atoms with Gasteiger partial charge in [0.05, 0.1) is 35.1 Å². The van der Waals surface area contributed by atoms with E-state index in [9.17, 15) is 9.59 Å². The monoisotopic (exact) mass is 568 g/mol. The second-order valence-electron chi connectivity index (χ2n) is 9.93. The van der Waals surface area contributed by atoms with Crippen molar-refractivity contribution in [2.75, 3.05) is 0 Å². The summed E-state index contributed by atoms with van der Waals surface area (Å²) in [6, 6.07) is 18.0. The van der Waals surface area contributed by atoms with Crippen LogP contribution in [0.15, 0.2) is 66.2 Å². The van der Waals surface area contributed by atoms with Crippen LogP contribution in [0.2, 0.25) is 0 Å². The highest BCUT2D eigenvalue weighted by atomic mass is 32.1. The molecule has 0 saturated carbocycles. The van der Waals surface area contributed by atoms with Crippen LogP contribution in [-0.4, -0.2) is 31.8 Å². The number of amides is 2. The number of aryl methyl sites for hydroxylation is 1. The summed E-state index contributed by atoms with van der Waals surface area (Å²) in [4.78, 5) is 39.6. The SMILES string of the molecule is NC(=O)CCCCCCc1ncc(-c2cc3ccccc3nc2OCc2cccc(-c3nc(CC(N)=O)cs3)c2)[nH]1. The molecule has 0 fully saturated rings. The molecule has 0 radical (unpaired) electrons. The van der Waals surface area contributed by atoms with E-state index in [4.69, 9.17) is 21.2 Å². The van der Waals surface area contributed by atoms with Crippen LogP contribution in [0.4, 0.5) is 0 Å². The Morgan fingerprint density at radius 3 is 2.63 bits per heavy atom. The highest BCUT2D eigenvalue weighted by Gasteiger charge is 2.14. The summed E-state index contributed by atoms with van der Waals surface area (Å²) in [5, 5.41) is 3.69. The minimum atomic E-state index is -0.399. The molecule has 3 heterocycles. The lowest BCUT2D eigenvalue weighted by Crippen LogP contribution is -2.13. The van der Waals surface area contributed by atoms with Gasteiger partial charge in [0, 0.05) is 29.2 Å². The predicted molar refractivity (Wildman–Crippen MR) is 160 cm³/mol. The van der Waals surface area contributed by atoms with Crippen LogP contribution in [0.3, 0.4) is 0 Å². The molecule has 0 spiro atoms. The van der Waals surface area contributed by atoms with E-state index in [2.05, 4.69) is 21.0 Å². The van der Waals surface area contributed by atoms with Crippen LogP contribution in [-0.2, 0) is 29.0 Å². The second-order valence-corrected chi connectivity index (χ2v) is 10.8. The van der Waals surface area contributed by atoms with Gasteiger partial charge < -0.3 is 21.2 Å². The summed E-state index contributed by atoms with van der Waals surface area (Å²) in [6.45, 7) is 0.317. The molecule has 2 aromatic carbocycles. The van der Waals surface area contributed by atoms with Crippen molar-refractivity contribution in [1.82, 2.24) is 19.9 Å². The number of hydrogen-bond donors (Lipinski definition) is 3. The maximum absolute atomic E-state index is 11.2. The van der Waals surface area contributed by atoms with Crippen molar-refractivity contribution in [3.63, 3.8) is 0 Å². The number of para-hydroxylation sites is 1. The molecule has 5 aromatic rings. The lowest BCUT2D eigenvalue weighted by molar-refractivity contribution is -0.118. The molecule has 41 heavy (non-hydrogen) atoms. The topological polar surface area (TPSA) is 150 Å². The zero-order valence-electron chi connectivity index (χ0n) is 22.6. The van der Waals surface area contributed by atoms with E-state index in [0.29, 0.717) is 24.6 Å². The van der Waals surface area contributed by atoms with Gasteiger partial charge in [-0.3, -0.25) is 9.59 Å². The highest BCUT2D eigenvalue weighted by Crippen LogP contribution is 2.32. The zero-order chi connectivity index (χ0) is 28.6. The number of pyridine rings is 1. The van der Waals surface area contributed by atoms with Crippen molar-refractivity contribution in [2.45, 2.75) is 51.6 Å². The number of hydrogen-bond acceptors (Lipinski definition) is 7. The van der Waals surface area contributed by atoms with E-state index in [1.54, 1.807) is 0 Å². The van der Waals surface area contributed by atoms with Crippen LogP contribution in [0, 0.1) is 0 Å². The number of nitrogens with two attached hydrogens (primary N) is 2. The maximum atomic E-state index is 11.2. The van der Waals surface area contributed by atoms with Gasteiger partial charge in [-0.15, -0.1) is 11.3 Å². The third kappa shape index (κ3) is 7.55. The van der Waals surface area contributed by atoms with Gasteiger partial charge in [-0.25, -0.2) is 15.0 Å². The maximum Gasteiger partial charge on any atom is 0.223 e. The Kier molecular flexibility index (Phi) is 9.00. The first-order valence-corrected chi connectivity index (χ1v) is 14.5. The molecule has 0 unspecified atom stereocenters. The van der Waals surface area contributed by atoms with Crippen molar-refractivity contribution in [3.05, 3.63) is 83.3 Å². The number of aromatic nitrogens is 4. The number of thiazole rings is 1. The average molecular weight is 569 g/mol. The number of primary amides is 2. The van der Waals surface area contributed by atoms with Gasteiger partial charge in [0.2, 0.25) is 17.7 Å². The Hall–Kier alpha value is -4.57. The average Bonchev–Trinajstić information content (AvgIpc) is 3.63. The number of aromatic amines is 1. The second kappa shape index (κ2) is 13.2. The number of fused-ring (bicyclic) bond motifs is 1. The molecule has 0 aliphatic heterocycles. The first-order valence-electron chi connectivity index (χ1n) is 13.6. The Bertz CT molecular complexity index is 1660. The van der Waals surface area contributed by atoms with E-state index in [1.807, 2.05) is 60.1 Å². The highest BCUT2D eigenvalue weighted by molar-refractivity contribution is 7.13. The fourth-order valence-electron chi connectivity index (χ4n) is 4.62. The fourth-order valence-corrected chi connectivity index (χ4v) is 5.43. The normalized spacial score (nSPS) is 11.1. The van der Waals surface area contributed by atoms with Crippen molar-refractivity contribution in [2.24, 2.45) is 11.5 Å². The third-order valence-corrected chi connectivity index (χ3v) is 7.59. The van der Waals surface area contributed by atoms with Crippen LogP contribution in [0.1, 0.15) is 49.2 Å². The van der Waals surface area contributed by atoms with E-state index in [0.717, 1.165) is 76.2 Å². The van der Waals surface area contributed by atoms with Gasteiger partial charge in [-0.2, -0.15) is 0 Å². The Labute approximate surface area is 242 Å². The third-order valence-electron chi connectivity index (χ3n) is 6.65. The summed E-state index contributed by atoms with van der Waals surface area (Å²) in [6.07, 6.45) is 7.00. The molecule has 0 aliphatic carbocycles. The summed E-state index contributed by atoms with van der Waals surface area (Å²) >= 11 is 1.48. The number of imidazole rings is 1. The summed E-state index contributed by atoms with van der Waals surface area (Å²) < 4.78 is 6.31. The molecular weight excluding hydrogens is 536 g/mol. The lowest BCUT2D eigenvalue weighted by atomic mass is 10.1. The molecule has 0 aliphatic rings. The number of carbonyl (C=O) groups is 2. The first kappa shape index (κ1) is 28.0. The van der Waals surface area contributed by atoms with E-state index < -0.39 is 5.91 Å². The van der Waals surface area contributed by atoms with Crippen molar-refractivity contribution >= 4 is 34.1 Å². The largest absolute Gasteiger partial charge is 0.472 e. The van der Waals surface area contributed by atoms with Crippen molar-refractivity contribution in [3.8, 4) is 27.7 Å². The minimum absolute atomic E-state index is 0.127. The number of H-pyrrole nitrogens is 1. The van der Waals surface area contributed by atoms with Crippen molar-refractivity contribution in [1.29, 1.82) is 0 Å². The van der Waals surface area contributed by atoms with Crippen LogP contribution in [0.5, 0.6) is 5.88 Å². The molecule has 0 bridgehead atoms. The van der Waals surface area contributed by atoms with Crippen molar-refractivity contribution < 1.29 is 14.3 Å². The molecule has 0 saturated heterocycles. The lowest BCUT2D eigenvalue weighted by Gasteiger charge is -2.12. The number of nitrogens with one attached hydrogen (secondary N) is 1. The van der Waals surface area contributed by atoms with Crippen LogP contribution >= 0.6 is 11.3 Å². The number of ether oxygens (including phenoxy) is 1. The Morgan fingerprint density at radius 1 is 0.927 bits per heavy atom. The number of nitrogens with zero attached hydrogens (tertiary/aromatic N) is 3. The zero-order valence-corrected chi connectivity index (χ0v) is 23.5. The molecule has 10 heteroatoms. The summed E-state index contributed by atoms with van der Waals surface area (Å²) in [5.74, 6) is 0.782. The molecule has 5 N–H and O–H groups in total. The molecular formula is C31H32N6O3S. The van der Waals surface area contributed by atoms with Gasteiger partial charge >= 0.3 is 0 Å². The van der Waals surface area contributed by atoms with Gasteiger partial charge in [0.15, 0.2) is 0 Å². The van der Waals surface area contributed by atoms with Crippen LogP contribution < -0.4 is 16.2 Å². The van der Waals surface area contributed by atoms with E-state index >= 15 is 0 Å². The Morgan fingerprint density at radius 2 is 1.78 bits per heavy atom. The van der Waals surface area contributed by atoms with Gasteiger partial charge in [0.1, 0.15) is 17.4 Å². The van der Waals surface area contributed by atoms with E-state index in [1.165, 1.54) is 11.3 Å². The summed E-state index contributed by atoms with van der Waals surface area (Å²) in [7, 11) is 0. The van der Waals surface area contributed by atoms with Gasteiger partial charge in [-0.1, -0.05) is 49.2 Å². The molecule has 0 atom stereocenters. The van der Waals surface area contributed by atoms with Gasteiger partial charge in [-0.05, 0) is 36.6 Å². The molecule has 9 nitrogen and oxygen atoms in total. The van der Waals surface area contributed by atoms with Gasteiger partial charge in [0.25, 0.3) is 0 Å². The smallest absolute Gasteiger partial charge is 0.223 e. The predicted octanol–water partition coefficient (Wildman–Crippen LogP) is 5.33. The standard InChI is InChI=1S/C31H32N6O3S/c32-27(38)12-3-1-2-4-13-29-34-17-26(36-29)24-15-21-9-5-6-11-25(21)37-30(24)40-18-20-8-7-10-22(14-20)31-35-23(19-41-31)16-28(33)39/h5-11,14-15,17,19H,1-4,12-13,16,18H2,(H2,32,38)(H2,33,39)(H,34,36).